The Morgan fingerprint density at radius 3 is 2.47 bits per heavy atom. The van der Waals surface area contributed by atoms with Crippen molar-refractivity contribution in [3.05, 3.63) is 21.2 Å². The van der Waals surface area contributed by atoms with Crippen molar-refractivity contribution in [2.24, 2.45) is 0 Å². The Morgan fingerprint density at radius 1 is 1.35 bits per heavy atom. The topological polar surface area (TPSA) is 36.4 Å². The Balaban J connectivity index is 2.97. The standard InChI is InChI=1S/C9H9Br2F3N2O/c10-6-3-7(11)8(15-4-6)16(1-2-17)5-9(12,13)14/h3-4,17H,1-2,5H2. The number of aliphatic hydroxyl groups is 1. The fourth-order valence-electron chi connectivity index (χ4n) is 1.24. The molecule has 3 nitrogen and oxygen atoms in total. The molecule has 0 radical (unpaired) electrons. The first kappa shape index (κ1) is 14.7. The molecule has 0 aliphatic heterocycles. The zero-order valence-electron chi connectivity index (χ0n) is 8.51. The average molecular weight is 378 g/mol. The molecule has 0 atom stereocenters. The van der Waals surface area contributed by atoms with Gasteiger partial charge in [0.25, 0.3) is 0 Å². The van der Waals surface area contributed by atoms with Crippen molar-refractivity contribution in [3.63, 3.8) is 0 Å². The van der Waals surface area contributed by atoms with E-state index < -0.39 is 12.7 Å². The van der Waals surface area contributed by atoms with Crippen LogP contribution in [0.1, 0.15) is 0 Å². The molecule has 0 unspecified atom stereocenters. The highest BCUT2D eigenvalue weighted by Crippen LogP contribution is 2.28. The molecule has 0 saturated carbocycles. The van der Waals surface area contributed by atoms with Crippen LogP contribution in [-0.2, 0) is 0 Å². The number of hydrogen-bond donors (Lipinski definition) is 1. The minimum Gasteiger partial charge on any atom is -0.395 e. The Morgan fingerprint density at radius 2 is 2.00 bits per heavy atom. The molecule has 0 saturated heterocycles. The van der Waals surface area contributed by atoms with E-state index in [1.165, 1.54) is 6.20 Å². The maximum Gasteiger partial charge on any atom is 0.405 e. The number of aromatic nitrogens is 1. The van der Waals surface area contributed by atoms with Gasteiger partial charge in [0.15, 0.2) is 0 Å². The molecule has 1 heterocycles. The van der Waals surface area contributed by atoms with Crippen LogP contribution in [0.2, 0.25) is 0 Å². The number of anilines is 1. The van der Waals surface area contributed by atoms with E-state index in [4.69, 9.17) is 5.11 Å². The number of aliphatic hydroxyl groups excluding tert-OH is 1. The van der Waals surface area contributed by atoms with Crippen LogP contribution in [0.4, 0.5) is 19.0 Å². The summed E-state index contributed by atoms with van der Waals surface area (Å²) >= 11 is 6.31. The molecule has 1 N–H and O–H groups in total. The van der Waals surface area contributed by atoms with Crippen LogP contribution in [0, 0.1) is 0 Å². The Kier molecular flexibility index (Phi) is 5.21. The summed E-state index contributed by atoms with van der Waals surface area (Å²) in [6, 6.07) is 1.60. The molecule has 96 valence electrons. The second kappa shape index (κ2) is 6.01. The van der Waals surface area contributed by atoms with Crippen molar-refractivity contribution in [1.82, 2.24) is 4.98 Å². The lowest BCUT2D eigenvalue weighted by atomic mass is 10.4. The first-order chi connectivity index (χ1) is 7.83. The van der Waals surface area contributed by atoms with Gasteiger partial charge in [0.1, 0.15) is 12.4 Å². The second-order valence-corrected chi connectivity index (χ2v) is 4.99. The molecule has 0 amide bonds. The summed E-state index contributed by atoms with van der Waals surface area (Å²) in [5.74, 6) is 0.152. The van der Waals surface area contributed by atoms with Crippen LogP contribution in [0.15, 0.2) is 21.2 Å². The fraction of sp³-hybridized carbons (Fsp3) is 0.444. The van der Waals surface area contributed by atoms with Gasteiger partial charge >= 0.3 is 6.18 Å². The van der Waals surface area contributed by atoms with Crippen LogP contribution in [0.3, 0.4) is 0 Å². The Labute approximate surface area is 113 Å². The first-order valence-electron chi connectivity index (χ1n) is 4.57. The molecule has 0 aromatic carbocycles. The molecule has 0 fully saturated rings. The van der Waals surface area contributed by atoms with Crippen molar-refractivity contribution in [2.45, 2.75) is 6.18 Å². The molecule has 0 aliphatic carbocycles. The van der Waals surface area contributed by atoms with Gasteiger partial charge in [0.2, 0.25) is 0 Å². The molecule has 1 aromatic heterocycles. The van der Waals surface area contributed by atoms with Crippen molar-refractivity contribution >= 4 is 37.7 Å². The lowest BCUT2D eigenvalue weighted by molar-refractivity contribution is -0.120. The first-order valence-corrected chi connectivity index (χ1v) is 6.15. The highest BCUT2D eigenvalue weighted by molar-refractivity contribution is 9.11. The number of rotatable bonds is 4. The van der Waals surface area contributed by atoms with E-state index in [1.54, 1.807) is 6.07 Å². The van der Waals surface area contributed by atoms with Gasteiger partial charge in [0, 0.05) is 17.2 Å². The highest BCUT2D eigenvalue weighted by atomic mass is 79.9. The molecule has 0 spiro atoms. The third-order valence-electron chi connectivity index (χ3n) is 1.83. The van der Waals surface area contributed by atoms with E-state index in [2.05, 4.69) is 36.8 Å². The second-order valence-electron chi connectivity index (χ2n) is 3.22. The molecule has 0 aliphatic rings. The van der Waals surface area contributed by atoms with Crippen molar-refractivity contribution < 1.29 is 18.3 Å². The zero-order valence-corrected chi connectivity index (χ0v) is 11.7. The van der Waals surface area contributed by atoms with Crippen LogP contribution < -0.4 is 4.90 Å². The van der Waals surface area contributed by atoms with E-state index in [0.717, 1.165) is 4.90 Å². The minimum atomic E-state index is -4.34. The maximum absolute atomic E-state index is 12.4. The van der Waals surface area contributed by atoms with E-state index in [-0.39, 0.29) is 19.0 Å². The Hall–Kier alpha value is -0.340. The number of pyridine rings is 1. The largest absolute Gasteiger partial charge is 0.405 e. The minimum absolute atomic E-state index is 0.132. The van der Waals surface area contributed by atoms with E-state index in [0.29, 0.717) is 8.95 Å². The molecular weight excluding hydrogens is 369 g/mol. The summed E-state index contributed by atoms with van der Waals surface area (Å²) in [5.41, 5.74) is 0. The monoisotopic (exact) mass is 376 g/mol. The van der Waals surface area contributed by atoms with Crippen LogP contribution >= 0.6 is 31.9 Å². The molecular formula is C9H9Br2F3N2O. The van der Waals surface area contributed by atoms with E-state index in [9.17, 15) is 13.2 Å². The third-order valence-corrected chi connectivity index (χ3v) is 2.85. The van der Waals surface area contributed by atoms with Gasteiger partial charge in [-0.1, -0.05) is 0 Å². The zero-order chi connectivity index (χ0) is 13.1. The van der Waals surface area contributed by atoms with Gasteiger partial charge in [-0.15, -0.1) is 0 Å². The van der Waals surface area contributed by atoms with Crippen molar-refractivity contribution in [1.29, 1.82) is 0 Å². The quantitative estimate of drug-likeness (QED) is 0.876. The van der Waals surface area contributed by atoms with Gasteiger partial charge < -0.3 is 10.0 Å². The maximum atomic E-state index is 12.4. The van der Waals surface area contributed by atoms with Crippen molar-refractivity contribution in [2.75, 3.05) is 24.6 Å². The lowest BCUT2D eigenvalue weighted by Crippen LogP contribution is -2.37. The lowest BCUT2D eigenvalue weighted by Gasteiger charge is -2.24. The average Bonchev–Trinajstić information content (AvgIpc) is 2.14. The normalized spacial score (nSPS) is 11.6. The molecule has 8 heteroatoms. The SMILES string of the molecule is OCCN(CC(F)(F)F)c1ncc(Br)cc1Br. The number of halogens is 5. The highest BCUT2D eigenvalue weighted by Gasteiger charge is 2.31. The summed E-state index contributed by atoms with van der Waals surface area (Å²) in [4.78, 5) is 4.87. The van der Waals surface area contributed by atoms with Crippen LogP contribution in [0.25, 0.3) is 0 Å². The summed E-state index contributed by atoms with van der Waals surface area (Å²) in [7, 11) is 0. The van der Waals surface area contributed by atoms with Gasteiger partial charge in [-0.2, -0.15) is 13.2 Å². The van der Waals surface area contributed by atoms with Gasteiger partial charge in [0.05, 0.1) is 11.1 Å². The molecule has 1 rings (SSSR count). The third kappa shape index (κ3) is 4.81. The van der Waals surface area contributed by atoms with Gasteiger partial charge in [-0.05, 0) is 37.9 Å². The van der Waals surface area contributed by atoms with E-state index in [1.807, 2.05) is 0 Å². The fourth-order valence-corrected chi connectivity index (χ4v) is 2.48. The van der Waals surface area contributed by atoms with Gasteiger partial charge in [-0.25, -0.2) is 4.98 Å². The van der Waals surface area contributed by atoms with Crippen LogP contribution in [0.5, 0.6) is 0 Å². The molecule has 17 heavy (non-hydrogen) atoms. The number of alkyl halides is 3. The van der Waals surface area contributed by atoms with Crippen LogP contribution in [-0.4, -0.2) is 36.0 Å². The molecule has 0 bridgehead atoms. The predicted molar refractivity (Wildman–Crippen MR) is 65.0 cm³/mol. The number of nitrogens with zero attached hydrogens (tertiary/aromatic N) is 2. The summed E-state index contributed by atoms with van der Waals surface area (Å²) < 4.78 is 38.1. The summed E-state index contributed by atoms with van der Waals surface area (Å²) in [6.45, 7) is -1.66. The van der Waals surface area contributed by atoms with E-state index >= 15 is 0 Å². The summed E-state index contributed by atoms with van der Waals surface area (Å²) in [5, 5.41) is 8.78. The van der Waals surface area contributed by atoms with Crippen molar-refractivity contribution in [3.8, 4) is 0 Å². The number of hydrogen-bond acceptors (Lipinski definition) is 3. The smallest absolute Gasteiger partial charge is 0.395 e. The molecule has 1 aromatic rings. The van der Waals surface area contributed by atoms with Gasteiger partial charge in [-0.3, -0.25) is 0 Å². The Bertz CT molecular complexity index is 387. The summed E-state index contributed by atoms with van der Waals surface area (Å²) in [6.07, 6.45) is -2.94. The predicted octanol–water partition coefficient (Wildman–Crippen LogP) is 2.97.